The van der Waals surface area contributed by atoms with Crippen molar-refractivity contribution in [1.29, 1.82) is 0 Å². The Morgan fingerprint density at radius 1 is 1.00 bits per heavy atom. The predicted octanol–water partition coefficient (Wildman–Crippen LogP) is 4.18. The molecule has 0 aliphatic rings. The fourth-order valence-electron chi connectivity index (χ4n) is 1.38. The molecule has 86 valence electrons. The molecule has 4 heteroatoms. The van der Waals surface area contributed by atoms with Crippen LogP contribution in [-0.4, -0.2) is 11.6 Å². The standard InChI is InChI=1S/C12H12Cl2O2/c1-3-10(15)7-5-8(13)12(9(14)6-7)11(16)4-2/h5-6H,3-4H2,1-2H3. The molecule has 0 atom stereocenters. The van der Waals surface area contributed by atoms with Gasteiger partial charge in [-0.25, -0.2) is 0 Å². The Bertz CT molecular complexity index is 416. The normalized spacial score (nSPS) is 10.2. The van der Waals surface area contributed by atoms with Gasteiger partial charge in [0, 0.05) is 18.4 Å². The maximum Gasteiger partial charge on any atom is 0.165 e. The summed E-state index contributed by atoms with van der Waals surface area (Å²) in [5.41, 5.74) is 0.753. The highest BCUT2D eigenvalue weighted by Gasteiger charge is 2.16. The van der Waals surface area contributed by atoms with Crippen LogP contribution in [0, 0.1) is 0 Å². The van der Waals surface area contributed by atoms with Gasteiger partial charge >= 0.3 is 0 Å². The van der Waals surface area contributed by atoms with Gasteiger partial charge in [-0.2, -0.15) is 0 Å². The fraction of sp³-hybridized carbons (Fsp3) is 0.333. The third-order valence-electron chi connectivity index (χ3n) is 2.29. The van der Waals surface area contributed by atoms with E-state index in [0.717, 1.165) is 0 Å². The summed E-state index contributed by atoms with van der Waals surface area (Å²) in [6, 6.07) is 3.00. The van der Waals surface area contributed by atoms with Crippen molar-refractivity contribution in [3.8, 4) is 0 Å². The number of hydrogen-bond acceptors (Lipinski definition) is 2. The van der Waals surface area contributed by atoms with Crippen LogP contribution in [0.4, 0.5) is 0 Å². The molecule has 16 heavy (non-hydrogen) atoms. The Labute approximate surface area is 105 Å². The second-order valence-corrected chi connectivity index (χ2v) is 4.18. The number of carbonyl (C=O) groups excluding carboxylic acids is 2. The minimum atomic E-state index is -0.120. The molecule has 0 amide bonds. The number of hydrogen-bond donors (Lipinski definition) is 0. The van der Waals surface area contributed by atoms with Gasteiger partial charge in [-0.1, -0.05) is 37.0 Å². The third kappa shape index (κ3) is 2.63. The van der Waals surface area contributed by atoms with Gasteiger partial charge in [0.2, 0.25) is 0 Å². The molecule has 0 aliphatic carbocycles. The molecule has 0 saturated heterocycles. The van der Waals surface area contributed by atoms with Crippen LogP contribution in [-0.2, 0) is 0 Å². The van der Waals surface area contributed by atoms with E-state index in [2.05, 4.69) is 0 Å². The maximum absolute atomic E-state index is 11.6. The van der Waals surface area contributed by atoms with Gasteiger partial charge in [0.05, 0.1) is 15.6 Å². The summed E-state index contributed by atoms with van der Waals surface area (Å²) in [6.07, 6.45) is 0.717. The molecule has 0 aliphatic heterocycles. The van der Waals surface area contributed by atoms with E-state index in [9.17, 15) is 9.59 Å². The van der Waals surface area contributed by atoms with Crippen molar-refractivity contribution < 1.29 is 9.59 Å². The zero-order valence-corrected chi connectivity index (χ0v) is 10.7. The Morgan fingerprint density at radius 2 is 1.44 bits per heavy atom. The van der Waals surface area contributed by atoms with Crippen molar-refractivity contribution in [2.45, 2.75) is 26.7 Å². The van der Waals surface area contributed by atoms with Gasteiger partial charge in [0.1, 0.15) is 0 Å². The average Bonchev–Trinajstić information content (AvgIpc) is 2.26. The Kier molecular flexibility index (Phi) is 4.51. The first kappa shape index (κ1) is 13.2. The van der Waals surface area contributed by atoms with Crippen molar-refractivity contribution in [2.75, 3.05) is 0 Å². The minimum Gasteiger partial charge on any atom is -0.294 e. The highest BCUT2D eigenvalue weighted by Crippen LogP contribution is 2.28. The Hall–Kier alpha value is -0.860. The van der Waals surface area contributed by atoms with Crippen LogP contribution in [0.2, 0.25) is 10.0 Å². The second-order valence-electron chi connectivity index (χ2n) is 3.37. The molecule has 0 fully saturated rings. The van der Waals surface area contributed by atoms with E-state index in [1.807, 2.05) is 0 Å². The SMILES string of the molecule is CCC(=O)c1cc(Cl)c(C(=O)CC)c(Cl)c1. The summed E-state index contributed by atoms with van der Waals surface area (Å²) in [4.78, 5) is 23.0. The van der Waals surface area contributed by atoms with Crippen molar-refractivity contribution in [3.63, 3.8) is 0 Å². The largest absolute Gasteiger partial charge is 0.294 e. The molecule has 1 rings (SSSR count). The summed E-state index contributed by atoms with van der Waals surface area (Å²) < 4.78 is 0. The predicted molar refractivity (Wildman–Crippen MR) is 65.7 cm³/mol. The smallest absolute Gasteiger partial charge is 0.165 e. The molecule has 0 spiro atoms. The number of Topliss-reactive ketones (excluding diaryl/α,β-unsaturated/α-hetero) is 2. The second kappa shape index (κ2) is 5.46. The molecule has 0 unspecified atom stereocenters. The van der Waals surface area contributed by atoms with Gasteiger partial charge in [0.15, 0.2) is 11.6 Å². The van der Waals surface area contributed by atoms with E-state index in [1.54, 1.807) is 13.8 Å². The number of rotatable bonds is 4. The summed E-state index contributed by atoms with van der Waals surface area (Å²) in [7, 11) is 0. The van der Waals surface area contributed by atoms with E-state index in [-0.39, 0.29) is 21.6 Å². The van der Waals surface area contributed by atoms with Crippen LogP contribution < -0.4 is 0 Å². The topological polar surface area (TPSA) is 34.1 Å². The first-order chi connectivity index (χ1) is 7.51. The van der Waals surface area contributed by atoms with Crippen LogP contribution in [0.15, 0.2) is 12.1 Å². The first-order valence-corrected chi connectivity index (χ1v) is 5.82. The molecule has 2 nitrogen and oxygen atoms in total. The number of benzene rings is 1. The molecule has 0 N–H and O–H groups in total. The minimum absolute atomic E-state index is 0.0423. The lowest BCUT2D eigenvalue weighted by molar-refractivity contribution is 0.0977. The van der Waals surface area contributed by atoms with Crippen LogP contribution in [0.3, 0.4) is 0 Å². The third-order valence-corrected chi connectivity index (χ3v) is 2.88. The number of carbonyl (C=O) groups is 2. The van der Waals surface area contributed by atoms with Gasteiger partial charge in [-0.3, -0.25) is 9.59 Å². The van der Waals surface area contributed by atoms with Crippen LogP contribution in [0.25, 0.3) is 0 Å². The summed E-state index contributed by atoms with van der Waals surface area (Å²) in [6.45, 7) is 3.50. The molecule has 0 aromatic heterocycles. The van der Waals surface area contributed by atoms with Gasteiger partial charge in [0.25, 0.3) is 0 Å². The van der Waals surface area contributed by atoms with E-state index in [0.29, 0.717) is 24.0 Å². The quantitative estimate of drug-likeness (QED) is 0.760. The molecule has 0 saturated carbocycles. The molecule has 1 aromatic carbocycles. The lowest BCUT2D eigenvalue weighted by Crippen LogP contribution is -2.03. The molecular weight excluding hydrogens is 247 g/mol. The van der Waals surface area contributed by atoms with Crippen molar-refractivity contribution in [3.05, 3.63) is 33.3 Å². The van der Waals surface area contributed by atoms with Crippen LogP contribution >= 0.6 is 23.2 Å². The van der Waals surface area contributed by atoms with Crippen molar-refractivity contribution in [1.82, 2.24) is 0 Å². The van der Waals surface area contributed by atoms with E-state index in [1.165, 1.54) is 12.1 Å². The monoisotopic (exact) mass is 258 g/mol. The Morgan fingerprint density at radius 3 is 1.81 bits per heavy atom. The number of halogens is 2. The van der Waals surface area contributed by atoms with Gasteiger partial charge in [-0.05, 0) is 12.1 Å². The lowest BCUT2D eigenvalue weighted by Gasteiger charge is -2.07. The highest BCUT2D eigenvalue weighted by molar-refractivity contribution is 6.40. The van der Waals surface area contributed by atoms with Gasteiger partial charge < -0.3 is 0 Å². The zero-order chi connectivity index (χ0) is 12.3. The first-order valence-electron chi connectivity index (χ1n) is 5.06. The van der Waals surface area contributed by atoms with Crippen LogP contribution in [0.1, 0.15) is 47.4 Å². The van der Waals surface area contributed by atoms with Crippen LogP contribution in [0.5, 0.6) is 0 Å². The fourth-order valence-corrected chi connectivity index (χ4v) is 2.08. The van der Waals surface area contributed by atoms with E-state index in [4.69, 9.17) is 23.2 Å². The van der Waals surface area contributed by atoms with E-state index >= 15 is 0 Å². The number of ketones is 2. The zero-order valence-electron chi connectivity index (χ0n) is 9.14. The summed E-state index contributed by atoms with van der Waals surface area (Å²) in [5, 5.41) is 0.493. The van der Waals surface area contributed by atoms with E-state index < -0.39 is 0 Å². The van der Waals surface area contributed by atoms with Gasteiger partial charge in [-0.15, -0.1) is 0 Å². The van der Waals surface area contributed by atoms with Crippen molar-refractivity contribution in [2.24, 2.45) is 0 Å². The highest BCUT2D eigenvalue weighted by atomic mass is 35.5. The Balaban J connectivity index is 3.28. The molecule has 0 radical (unpaired) electrons. The van der Waals surface area contributed by atoms with Crippen molar-refractivity contribution >= 4 is 34.8 Å². The molecule has 0 bridgehead atoms. The summed E-state index contributed by atoms with van der Waals surface area (Å²) in [5.74, 6) is -0.162. The lowest BCUT2D eigenvalue weighted by atomic mass is 10.0. The molecular formula is C12H12Cl2O2. The molecule has 0 heterocycles. The maximum atomic E-state index is 11.6. The summed E-state index contributed by atoms with van der Waals surface area (Å²) >= 11 is 11.9. The average molecular weight is 259 g/mol. The molecule has 1 aromatic rings.